The Balaban J connectivity index is 2.24. The summed E-state index contributed by atoms with van der Waals surface area (Å²) in [5.41, 5.74) is 3.41. The summed E-state index contributed by atoms with van der Waals surface area (Å²) in [6.07, 6.45) is 1.16. The molecule has 1 heterocycles. The number of aryl methyl sites for hydroxylation is 2. The second-order valence-corrected chi connectivity index (χ2v) is 5.73. The van der Waals surface area contributed by atoms with Crippen LogP contribution in [0.4, 0.5) is 5.69 Å². The molecule has 2 rings (SSSR count). The van der Waals surface area contributed by atoms with Gasteiger partial charge in [-0.15, -0.1) is 11.6 Å². The Bertz CT molecular complexity index is 642. The van der Waals surface area contributed by atoms with Crippen molar-refractivity contribution >= 4 is 23.2 Å². The molecule has 0 fully saturated rings. The van der Waals surface area contributed by atoms with Crippen LogP contribution in [-0.2, 0) is 11.2 Å². The zero-order chi connectivity index (χ0) is 16.1. The number of aromatic nitrogens is 2. The largest absolute Gasteiger partial charge is 0.310 e. The molecule has 118 valence electrons. The summed E-state index contributed by atoms with van der Waals surface area (Å²) in [5, 5.41) is 7.11. The molecule has 0 spiro atoms. The van der Waals surface area contributed by atoms with Crippen LogP contribution in [0.1, 0.15) is 30.3 Å². The van der Waals surface area contributed by atoms with Gasteiger partial charge in [0, 0.05) is 18.7 Å². The van der Waals surface area contributed by atoms with E-state index in [1.54, 1.807) is 4.90 Å². The average molecular weight is 322 g/mol. The summed E-state index contributed by atoms with van der Waals surface area (Å²) in [6.45, 7) is 6.20. The smallest absolute Gasteiger partial charge is 0.245 e. The number of rotatable bonds is 6. The SMILES string of the molecule is CCC(Cl)C(=O)N(CCc1nonc1C)c1ccccc1C. The van der Waals surface area contributed by atoms with Gasteiger partial charge in [-0.2, -0.15) is 0 Å². The zero-order valence-electron chi connectivity index (χ0n) is 13.0. The molecule has 0 saturated heterocycles. The number of benzene rings is 1. The van der Waals surface area contributed by atoms with Gasteiger partial charge >= 0.3 is 0 Å². The fourth-order valence-corrected chi connectivity index (χ4v) is 2.37. The number of carbonyl (C=O) groups excluding carboxylic acids is 1. The Kier molecular flexibility index (Phi) is 5.55. The summed E-state index contributed by atoms with van der Waals surface area (Å²) in [5.74, 6) is -0.0902. The van der Waals surface area contributed by atoms with Crippen molar-refractivity contribution in [3.05, 3.63) is 41.2 Å². The number of para-hydroxylation sites is 1. The van der Waals surface area contributed by atoms with Gasteiger partial charge in [0.1, 0.15) is 16.8 Å². The van der Waals surface area contributed by atoms with Crippen LogP contribution in [0.2, 0.25) is 0 Å². The van der Waals surface area contributed by atoms with E-state index >= 15 is 0 Å². The number of amides is 1. The Labute approximate surface area is 135 Å². The first-order chi connectivity index (χ1) is 10.5. The van der Waals surface area contributed by atoms with Crippen molar-refractivity contribution in [2.45, 2.75) is 39.0 Å². The molecule has 1 unspecified atom stereocenters. The second kappa shape index (κ2) is 7.40. The topological polar surface area (TPSA) is 59.2 Å². The maximum atomic E-state index is 12.6. The van der Waals surface area contributed by atoms with Crippen LogP contribution in [0, 0.1) is 13.8 Å². The summed E-state index contributed by atoms with van der Waals surface area (Å²) in [4.78, 5) is 14.3. The number of anilines is 1. The number of hydrogen-bond donors (Lipinski definition) is 0. The molecule has 0 aliphatic heterocycles. The van der Waals surface area contributed by atoms with Crippen molar-refractivity contribution in [3.8, 4) is 0 Å². The quantitative estimate of drug-likeness (QED) is 0.766. The lowest BCUT2D eigenvalue weighted by atomic mass is 10.1. The van der Waals surface area contributed by atoms with Gasteiger partial charge in [0.2, 0.25) is 5.91 Å². The van der Waals surface area contributed by atoms with Crippen molar-refractivity contribution in [2.24, 2.45) is 0 Å². The van der Waals surface area contributed by atoms with Crippen LogP contribution >= 0.6 is 11.6 Å². The number of hydrogen-bond acceptors (Lipinski definition) is 4. The lowest BCUT2D eigenvalue weighted by Crippen LogP contribution is -2.38. The minimum Gasteiger partial charge on any atom is -0.310 e. The van der Waals surface area contributed by atoms with E-state index < -0.39 is 5.38 Å². The van der Waals surface area contributed by atoms with E-state index in [2.05, 4.69) is 10.3 Å². The first kappa shape index (κ1) is 16.5. The predicted octanol–water partition coefficient (Wildman–Crippen LogP) is 3.28. The van der Waals surface area contributed by atoms with Crippen LogP contribution in [-0.4, -0.2) is 28.1 Å². The van der Waals surface area contributed by atoms with E-state index in [4.69, 9.17) is 16.2 Å². The molecule has 0 radical (unpaired) electrons. The van der Waals surface area contributed by atoms with Crippen LogP contribution in [0.25, 0.3) is 0 Å². The molecule has 5 nitrogen and oxygen atoms in total. The normalized spacial score (nSPS) is 12.2. The van der Waals surface area contributed by atoms with E-state index in [9.17, 15) is 4.79 Å². The molecular formula is C16H20ClN3O2. The molecule has 1 aromatic carbocycles. The third-order valence-electron chi connectivity index (χ3n) is 3.62. The Morgan fingerprint density at radius 1 is 1.32 bits per heavy atom. The minimum atomic E-state index is -0.531. The molecule has 22 heavy (non-hydrogen) atoms. The summed E-state index contributed by atoms with van der Waals surface area (Å²) in [7, 11) is 0. The molecule has 1 aromatic heterocycles. The molecule has 6 heteroatoms. The van der Waals surface area contributed by atoms with Crippen LogP contribution in [0.5, 0.6) is 0 Å². The number of nitrogens with zero attached hydrogens (tertiary/aromatic N) is 3. The highest BCUT2D eigenvalue weighted by molar-refractivity contribution is 6.32. The first-order valence-corrected chi connectivity index (χ1v) is 7.77. The molecular weight excluding hydrogens is 302 g/mol. The Hall–Kier alpha value is -1.88. The molecule has 0 aliphatic rings. The van der Waals surface area contributed by atoms with Crippen LogP contribution in [0.15, 0.2) is 28.9 Å². The fraction of sp³-hybridized carbons (Fsp3) is 0.438. The average Bonchev–Trinajstić information content (AvgIpc) is 2.93. The molecule has 0 bridgehead atoms. The maximum Gasteiger partial charge on any atom is 0.245 e. The van der Waals surface area contributed by atoms with Gasteiger partial charge in [0.05, 0.1) is 0 Å². The first-order valence-electron chi connectivity index (χ1n) is 7.33. The van der Waals surface area contributed by atoms with Gasteiger partial charge < -0.3 is 4.90 Å². The number of halogens is 1. The van der Waals surface area contributed by atoms with E-state index in [-0.39, 0.29) is 5.91 Å². The minimum absolute atomic E-state index is 0.0902. The Morgan fingerprint density at radius 3 is 2.64 bits per heavy atom. The molecule has 0 N–H and O–H groups in total. The summed E-state index contributed by atoms with van der Waals surface area (Å²) >= 11 is 6.17. The predicted molar refractivity (Wildman–Crippen MR) is 86.2 cm³/mol. The van der Waals surface area contributed by atoms with Crippen LogP contribution < -0.4 is 4.90 Å². The maximum absolute atomic E-state index is 12.6. The third kappa shape index (κ3) is 3.65. The van der Waals surface area contributed by atoms with Gasteiger partial charge in [0.25, 0.3) is 0 Å². The summed E-state index contributed by atoms with van der Waals surface area (Å²) < 4.78 is 4.71. The van der Waals surface area contributed by atoms with Crippen molar-refractivity contribution in [1.82, 2.24) is 10.3 Å². The standard InChI is InChI=1S/C16H20ClN3O2/c1-4-13(17)16(21)20(15-8-6-5-7-11(15)2)10-9-14-12(3)18-22-19-14/h5-8,13H,4,9-10H2,1-3H3. The van der Waals surface area contributed by atoms with E-state index in [0.29, 0.717) is 19.4 Å². The van der Waals surface area contributed by atoms with Gasteiger partial charge in [-0.3, -0.25) is 4.79 Å². The van der Waals surface area contributed by atoms with Crippen LogP contribution in [0.3, 0.4) is 0 Å². The fourth-order valence-electron chi connectivity index (χ4n) is 2.25. The van der Waals surface area contributed by atoms with Gasteiger partial charge in [-0.25, -0.2) is 4.63 Å². The highest BCUT2D eigenvalue weighted by atomic mass is 35.5. The lowest BCUT2D eigenvalue weighted by molar-refractivity contribution is -0.118. The summed E-state index contributed by atoms with van der Waals surface area (Å²) in [6, 6.07) is 7.78. The van der Waals surface area contributed by atoms with E-state index in [1.165, 1.54) is 0 Å². The van der Waals surface area contributed by atoms with Gasteiger partial charge in [-0.05, 0) is 31.9 Å². The van der Waals surface area contributed by atoms with Crippen molar-refractivity contribution in [1.29, 1.82) is 0 Å². The van der Waals surface area contributed by atoms with Gasteiger partial charge in [-0.1, -0.05) is 35.4 Å². The lowest BCUT2D eigenvalue weighted by Gasteiger charge is -2.26. The van der Waals surface area contributed by atoms with Crippen molar-refractivity contribution in [2.75, 3.05) is 11.4 Å². The number of carbonyl (C=O) groups is 1. The van der Waals surface area contributed by atoms with E-state index in [1.807, 2.05) is 45.0 Å². The third-order valence-corrected chi connectivity index (χ3v) is 4.11. The second-order valence-electron chi connectivity index (χ2n) is 5.20. The highest BCUT2D eigenvalue weighted by Gasteiger charge is 2.24. The highest BCUT2D eigenvalue weighted by Crippen LogP contribution is 2.22. The Morgan fingerprint density at radius 2 is 2.05 bits per heavy atom. The van der Waals surface area contributed by atoms with Crippen molar-refractivity contribution < 1.29 is 9.42 Å². The van der Waals surface area contributed by atoms with Crippen molar-refractivity contribution in [3.63, 3.8) is 0 Å². The number of alkyl halides is 1. The molecule has 0 saturated carbocycles. The molecule has 1 amide bonds. The molecule has 1 atom stereocenters. The monoisotopic (exact) mass is 321 g/mol. The zero-order valence-corrected chi connectivity index (χ0v) is 13.8. The molecule has 2 aromatic rings. The molecule has 0 aliphatic carbocycles. The van der Waals surface area contributed by atoms with Gasteiger partial charge in [0.15, 0.2) is 0 Å². The van der Waals surface area contributed by atoms with E-state index in [0.717, 1.165) is 22.6 Å².